The maximum atomic E-state index is 12.6. The minimum Gasteiger partial charge on any atom is -0.387 e. The van der Waals surface area contributed by atoms with Crippen LogP contribution in [0.3, 0.4) is 0 Å². The summed E-state index contributed by atoms with van der Waals surface area (Å²) in [4.78, 5) is 0. The van der Waals surface area contributed by atoms with Crippen LogP contribution in [0.4, 0.5) is 10.1 Å². The van der Waals surface area contributed by atoms with Crippen molar-refractivity contribution in [2.24, 2.45) is 0 Å². The molecule has 1 rings (SSSR count). The van der Waals surface area contributed by atoms with Crippen molar-refractivity contribution in [3.05, 3.63) is 18.0 Å². The molecule has 0 saturated heterocycles. The van der Waals surface area contributed by atoms with Gasteiger partial charge in [-0.15, -0.1) is 0 Å². The number of aromatic nitrogens is 2. The van der Waals surface area contributed by atoms with E-state index in [4.69, 9.17) is 0 Å². The monoisotopic (exact) mass is 155 g/mol. The third-order valence-electron chi connectivity index (χ3n) is 1.37. The molecule has 0 radical (unpaired) electrons. The zero-order valence-corrected chi connectivity index (χ0v) is 6.50. The maximum absolute atomic E-state index is 12.6. The SMILES string of the molecule is CNc1cnnc(C(C)F)c1. The Morgan fingerprint density at radius 1 is 1.64 bits per heavy atom. The van der Waals surface area contributed by atoms with E-state index in [9.17, 15) is 4.39 Å². The van der Waals surface area contributed by atoms with Gasteiger partial charge in [0.05, 0.1) is 17.6 Å². The zero-order chi connectivity index (χ0) is 8.27. The van der Waals surface area contributed by atoms with Crippen LogP contribution in [0.5, 0.6) is 0 Å². The molecule has 0 aliphatic rings. The highest BCUT2D eigenvalue weighted by Crippen LogP contribution is 2.15. The number of halogens is 1. The largest absolute Gasteiger partial charge is 0.387 e. The Morgan fingerprint density at radius 3 is 2.91 bits per heavy atom. The Balaban J connectivity index is 2.91. The van der Waals surface area contributed by atoms with Crippen LogP contribution in [0.1, 0.15) is 18.8 Å². The summed E-state index contributed by atoms with van der Waals surface area (Å²) in [5, 5.41) is 10.1. The second-order valence-corrected chi connectivity index (χ2v) is 2.24. The molecule has 0 amide bonds. The quantitative estimate of drug-likeness (QED) is 0.704. The molecule has 1 aromatic heterocycles. The molecule has 11 heavy (non-hydrogen) atoms. The van der Waals surface area contributed by atoms with Crippen LogP contribution < -0.4 is 5.32 Å². The van der Waals surface area contributed by atoms with Gasteiger partial charge in [-0.1, -0.05) is 0 Å². The second-order valence-electron chi connectivity index (χ2n) is 2.24. The molecule has 1 N–H and O–H groups in total. The van der Waals surface area contributed by atoms with E-state index >= 15 is 0 Å². The van der Waals surface area contributed by atoms with Gasteiger partial charge in [-0.2, -0.15) is 10.2 Å². The zero-order valence-electron chi connectivity index (χ0n) is 6.50. The summed E-state index contributed by atoms with van der Waals surface area (Å²) in [7, 11) is 1.75. The first kappa shape index (κ1) is 7.91. The Labute approximate surface area is 64.6 Å². The van der Waals surface area contributed by atoms with Gasteiger partial charge < -0.3 is 5.32 Å². The standard InChI is InChI=1S/C7H10FN3/c1-5(8)7-3-6(9-2)4-10-11-7/h3-5H,1-2H3,(H,9,11). The lowest BCUT2D eigenvalue weighted by molar-refractivity contribution is 0.363. The van der Waals surface area contributed by atoms with Crippen LogP contribution in [0.2, 0.25) is 0 Å². The average Bonchev–Trinajstić information content (AvgIpc) is 2.05. The molecule has 3 nitrogen and oxygen atoms in total. The lowest BCUT2D eigenvalue weighted by Crippen LogP contribution is -1.97. The van der Waals surface area contributed by atoms with Gasteiger partial charge >= 0.3 is 0 Å². The van der Waals surface area contributed by atoms with Gasteiger partial charge in [0, 0.05) is 7.05 Å². The normalized spacial score (nSPS) is 12.6. The molecule has 0 bridgehead atoms. The van der Waals surface area contributed by atoms with E-state index in [2.05, 4.69) is 15.5 Å². The molecule has 0 aromatic carbocycles. The smallest absolute Gasteiger partial charge is 0.141 e. The molecular weight excluding hydrogens is 145 g/mol. The van der Waals surface area contributed by atoms with Crippen molar-refractivity contribution in [3.8, 4) is 0 Å². The number of anilines is 1. The summed E-state index contributed by atoms with van der Waals surface area (Å²) >= 11 is 0. The summed E-state index contributed by atoms with van der Waals surface area (Å²) in [5.74, 6) is 0. The third kappa shape index (κ3) is 1.86. The van der Waals surface area contributed by atoms with E-state index < -0.39 is 6.17 Å². The molecule has 0 aliphatic carbocycles. The van der Waals surface area contributed by atoms with E-state index in [1.54, 1.807) is 19.3 Å². The van der Waals surface area contributed by atoms with Crippen molar-refractivity contribution in [2.45, 2.75) is 13.1 Å². The van der Waals surface area contributed by atoms with E-state index in [-0.39, 0.29) is 0 Å². The molecule has 1 heterocycles. The summed E-state index contributed by atoms with van der Waals surface area (Å²) < 4.78 is 12.6. The lowest BCUT2D eigenvalue weighted by atomic mass is 10.3. The van der Waals surface area contributed by atoms with Crippen molar-refractivity contribution in [3.63, 3.8) is 0 Å². The molecule has 0 spiro atoms. The summed E-state index contributed by atoms with van der Waals surface area (Å²) in [6.45, 7) is 1.43. The first-order valence-electron chi connectivity index (χ1n) is 3.38. The highest BCUT2D eigenvalue weighted by Gasteiger charge is 2.04. The van der Waals surface area contributed by atoms with Gasteiger partial charge in [0.15, 0.2) is 0 Å². The van der Waals surface area contributed by atoms with E-state index in [0.717, 1.165) is 5.69 Å². The lowest BCUT2D eigenvalue weighted by Gasteiger charge is -2.02. The highest BCUT2D eigenvalue weighted by molar-refractivity contribution is 5.40. The Hall–Kier alpha value is -1.19. The first-order chi connectivity index (χ1) is 5.24. The fourth-order valence-corrected chi connectivity index (χ4v) is 0.714. The van der Waals surface area contributed by atoms with Crippen LogP contribution in [-0.2, 0) is 0 Å². The number of nitrogens with zero attached hydrogens (tertiary/aromatic N) is 2. The van der Waals surface area contributed by atoms with Crippen LogP contribution in [0, 0.1) is 0 Å². The van der Waals surface area contributed by atoms with Gasteiger partial charge in [-0.3, -0.25) is 0 Å². The van der Waals surface area contributed by atoms with Crippen molar-refractivity contribution >= 4 is 5.69 Å². The Bertz CT molecular complexity index is 237. The second kappa shape index (κ2) is 3.27. The fraction of sp³-hybridized carbons (Fsp3) is 0.429. The number of hydrogen-bond acceptors (Lipinski definition) is 3. The number of rotatable bonds is 2. The number of alkyl halides is 1. The van der Waals surface area contributed by atoms with E-state index in [1.165, 1.54) is 6.92 Å². The van der Waals surface area contributed by atoms with Crippen LogP contribution >= 0.6 is 0 Å². The molecule has 0 saturated carbocycles. The topological polar surface area (TPSA) is 37.8 Å². The van der Waals surface area contributed by atoms with Crippen LogP contribution in [0.25, 0.3) is 0 Å². The van der Waals surface area contributed by atoms with Crippen LogP contribution in [0.15, 0.2) is 12.3 Å². The predicted octanol–water partition coefficient (Wildman–Crippen LogP) is 1.55. The van der Waals surface area contributed by atoms with Crippen molar-refractivity contribution in [1.29, 1.82) is 0 Å². The van der Waals surface area contributed by atoms with E-state index in [0.29, 0.717) is 5.69 Å². The molecule has 0 aliphatic heterocycles. The Kier molecular flexibility index (Phi) is 2.36. The average molecular weight is 155 g/mol. The summed E-state index contributed by atoms with van der Waals surface area (Å²) in [6.07, 6.45) is 0.488. The minimum atomic E-state index is -1.06. The van der Waals surface area contributed by atoms with Crippen molar-refractivity contribution in [1.82, 2.24) is 10.2 Å². The summed E-state index contributed by atoms with van der Waals surface area (Å²) in [6, 6.07) is 1.64. The highest BCUT2D eigenvalue weighted by atomic mass is 19.1. The van der Waals surface area contributed by atoms with Gasteiger partial charge in [0.2, 0.25) is 0 Å². The molecular formula is C7H10FN3. The van der Waals surface area contributed by atoms with Gasteiger partial charge in [0.25, 0.3) is 0 Å². The van der Waals surface area contributed by atoms with Gasteiger partial charge in [0.1, 0.15) is 6.17 Å². The molecule has 60 valence electrons. The first-order valence-corrected chi connectivity index (χ1v) is 3.38. The molecule has 1 aromatic rings. The minimum absolute atomic E-state index is 0.358. The predicted molar refractivity (Wildman–Crippen MR) is 41.1 cm³/mol. The van der Waals surface area contributed by atoms with Crippen molar-refractivity contribution < 1.29 is 4.39 Å². The molecule has 4 heteroatoms. The number of hydrogen-bond donors (Lipinski definition) is 1. The molecule has 1 atom stereocenters. The third-order valence-corrected chi connectivity index (χ3v) is 1.37. The Morgan fingerprint density at radius 2 is 2.36 bits per heavy atom. The molecule has 1 unspecified atom stereocenters. The van der Waals surface area contributed by atoms with Gasteiger partial charge in [-0.25, -0.2) is 4.39 Å². The number of nitrogens with one attached hydrogen (secondary N) is 1. The van der Waals surface area contributed by atoms with Gasteiger partial charge in [-0.05, 0) is 13.0 Å². The van der Waals surface area contributed by atoms with E-state index in [1.807, 2.05) is 0 Å². The fourth-order valence-electron chi connectivity index (χ4n) is 0.714. The van der Waals surface area contributed by atoms with Crippen LogP contribution in [-0.4, -0.2) is 17.2 Å². The molecule has 0 fully saturated rings. The van der Waals surface area contributed by atoms with Crippen molar-refractivity contribution in [2.75, 3.05) is 12.4 Å². The summed E-state index contributed by atoms with van der Waals surface area (Å²) in [5.41, 5.74) is 1.14. The maximum Gasteiger partial charge on any atom is 0.141 e.